The molecule has 1 atom stereocenters. The van der Waals surface area contributed by atoms with Crippen molar-refractivity contribution >= 4 is 16.7 Å². The highest BCUT2D eigenvalue weighted by atomic mass is 16.5. The molecule has 3 aromatic rings. The summed E-state index contributed by atoms with van der Waals surface area (Å²) in [6.45, 7) is 6.12. The highest BCUT2D eigenvalue weighted by Gasteiger charge is 2.24. The third kappa shape index (κ3) is 4.32. The second-order valence-corrected chi connectivity index (χ2v) is 7.92. The Morgan fingerprint density at radius 3 is 2.80 bits per heavy atom. The van der Waals surface area contributed by atoms with E-state index in [1.165, 1.54) is 0 Å². The molecule has 1 amide bonds. The zero-order valence-electron chi connectivity index (χ0n) is 17.5. The molecule has 0 saturated carbocycles. The highest BCUT2D eigenvalue weighted by Crippen LogP contribution is 2.31. The molecular weight excluding hydrogens is 376 g/mol. The first kappa shape index (κ1) is 20.4. The fourth-order valence-electron chi connectivity index (χ4n) is 3.91. The molecule has 0 aliphatic carbocycles. The third-order valence-corrected chi connectivity index (χ3v) is 5.33. The lowest BCUT2D eigenvalue weighted by Gasteiger charge is -2.32. The smallest absolute Gasteiger partial charge is 0.254 e. The number of ether oxygens (including phenoxy) is 2. The first-order valence-corrected chi connectivity index (χ1v) is 10.5. The fraction of sp³-hybridized carbons (Fsp3) is 0.320. The van der Waals surface area contributed by atoms with E-state index in [1.54, 1.807) is 0 Å². The lowest BCUT2D eigenvalue weighted by molar-refractivity contribution is -0.0167. The highest BCUT2D eigenvalue weighted by molar-refractivity contribution is 6.02. The van der Waals surface area contributed by atoms with Crippen LogP contribution < -0.4 is 10.5 Å². The van der Waals surface area contributed by atoms with Gasteiger partial charge < -0.3 is 20.1 Å². The van der Waals surface area contributed by atoms with Crippen molar-refractivity contribution in [2.24, 2.45) is 5.73 Å². The number of hydrogen-bond donors (Lipinski definition) is 1. The minimum Gasteiger partial charge on any atom is -0.491 e. The molecule has 2 N–H and O–H groups in total. The van der Waals surface area contributed by atoms with Crippen molar-refractivity contribution in [3.63, 3.8) is 0 Å². The minimum atomic E-state index is -0.0879. The first-order chi connectivity index (χ1) is 14.5. The van der Waals surface area contributed by atoms with E-state index >= 15 is 0 Å². The van der Waals surface area contributed by atoms with Gasteiger partial charge in [-0.25, -0.2) is 0 Å². The summed E-state index contributed by atoms with van der Waals surface area (Å²) in [6.07, 6.45) is 0.0375. The maximum Gasteiger partial charge on any atom is 0.254 e. The van der Waals surface area contributed by atoms with Crippen LogP contribution in [0.25, 0.3) is 21.9 Å². The average Bonchev–Trinajstić information content (AvgIpc) is 2.77. The minimum absolute atomic E-state index is 0.0244. The molecule has 1 fully saturated rings. The molecule has 0 spiro atoms. The maximum atomic E-state index is 13.0. The molecule has 0 bridgehead atoms. The molecule has 5 heteroatoms. The van der Waals surface area contributed by atoms with Gasteiger partial charge in [0.25, 0.3) is 5.91 Å². The predicted octanol–water partition coefficient (Wildman–Crippen LogP) is 4.09. The molecule has 0 aromatic heterocycles. The van der Waals surface area contributed by atoms with Crippen LogP contribution in [0.4, 0.5) is 0 Å². The van der Waals surface area contributed by atoms with Gasteiger partial charge in [0.2, 0.25) is 0 Å². The van der Waals surface area contributed by atoms with Crippen LogP contribution >= 0.6 is 0 Å². The van der Waals surface area contributed by atoms with Crippen LogP contribution in [0, 0.1) is 0 Å². The number of carbonyl (C=O) groups is 1. The monoisotopic (exact) mass is 404 g/mol. The summed E-state index contributed by atoms with van der Waals surface area (Å²) in [5, 5.41) is 2.15. The Balaban J connectivity index is 1.65. The Kier molecular flexibility index (Phi) is 6.02. The van der Waals surface area contributed by atoms with Crippen LogP contribution in [0.2, 0.25) is 0 Å². The van der Waals surface area contributed by atoms with Crippen molar-refractivity contribution < 1.29 is 14.3 Å². The lowest BCUT2D eigenvalue weighted by atomic mass is 9.96. The second-order valence-electron chi connectivity index (χ2n) is 7.92. The van der Waals surface area contributed by atoms with E-state index in [2.05, 4.69) is 18.2 Å². The predicted molar refractivity (Wildman–Crippen MR) is 120 cm³/mol. The van der Waals surface area contributed by atoms with Gasteiger partial charge in [-0.3, -0.25) is 4.79 Å². The van der Waals surface area contributed by atoms with Gasteiger partial charge in [0.15, 0.2) is 0 Å². The van der Waals surface area contributed by atoms with Crippen molar-refractivity contribution in [3.8, 4) is 16.9 Å². The number of benzene rings is 3. The van der Waals surface area contributed by atoms with E-state index in [0.29, 0.717) is 31.8 Å². The van der Waals surface area contributed by atoms with Gasteiger partial charge in [0.1, 0.15) is 5.75 Å². The molecule has 30 heavy (non-hydrogen) atoms. The fourth-order valence-corrected chi connectivity index (χ4v) is 3.91. The second kappa shape index (κ2) is 8.86. The van der Waals surface area contributed by atoms with Crippen LogP contribution in [0.1, 0.15) is 24.2 Å². The molecule has 1 saturated heterocycles. The Labute approximate surface area is 177 Å². The average molecular weight is 405 g/mol. The molecule has 156 valence electrons. The van der Waals surface area contributed by atoms with Gasteiger partial charge in [-0.15, -0.1) is 0 Å². The van der Waals surface area contributed by atoms with Gasteiger partial charge in [0, 0.05) is 25.2 Å². The summed E-state index contributed by atoms with van der Waals surface area (Å²) in [4.78, 5) is 14.9. The van der Waals surface area contributed by atoms with Gasteiger partial charge >= 0.3 is 0 Å². The number of rotatable bonds is 5. The van der Waals surface area contributed by atoms with Crippen LogP contribution in [-0.2, 0) is 4.74 Å². The van der Waals surface area contributed by atoms with Crippen molar-refractivity contribution in [1.29, 1.82) is 0 Å². The number of nitrogens with two attached hydrogens (primary N) is 1. The van der Waals surface area contributed by atoms with E-state index in [-0.39, 0.29) is 18.1 Å². The van der Waals surface area contributed by atoms with Gasteiger partial charge in [0.05, 0.1) is 18.8 Å². The van der Waals surface area contributed by atoms with Crippen LogP contribution in [0.15, 0.2) is 60.7 Å². The summed E-state index contributed by atoms with van der Waals surface area (Å²) < 4.78 is 11.4. The third-order valence-electron chi connectivity index (χ3n) is 5.33. The Morgan fingerprint density at radius 1 is 1.17 bits per heavy atom. The number of morpholine rings is 1. The van der Waals surface area contributed by atoms with Gasteiger partial charge in [-0.2, -0.15) is 0 Å². The molecule has 3 aromatic carbocycles. The topological polar surface area (TPSA) is 64.8 Å². The number of nitrogens with zero attached hydrogens (tertiary/aromatic N) is 1. The van der Waals surface area contributed by atoms with E-state index in [4.69, 9.17) is 15.2 Å². The van der Waals surface area contributed by atoms with Crippen LogP contribution in [0.3, 0.4) is 0 Å². The van der Waals surface area contributed by atoms with E-state index in [1.807, 2.05) is 61.2 Å². The zero-order valence-corrected chi connectivity index (χ0v) is 17.5. The first-order valence-electron chi connectivity index (χ1n) is 10.5. The summed E-state index contributed by atoms with van der Waals surface area (Å²) in [5.74, 6) is 0.879. The van der Waals surface area contributed by atoms with E-state index in [0.717, 1.165) is 27.6 Å². The summed E-state index contributed by atoms with van der Waals surface area (Å²) in [5.41, 5.74) is 8.62. The SMILES string of the molecule is CC(C)Oc1cccc(-c2cccc3cc(C(=O)N4CCOC(CN)C4)ccc23)c1. The van der Waals surface area contributed by atoms with Crippen molar-refractivity contribution in [1.82, 2.24) is 4.90 Å². The lowest BCUT2D eigenvalue weighted by Crippen LogP contribution is -2.48. The molecule has 1 aliphatic rings. The molecule has 5 nitrogen and oxygen atoms in total. The quantitative estimate of drug-likeness (QED) is 0.696. The van der Waals surface area contributed by atoms with Gasteiger partial charge in [-0.05, 0) is 60.0 Å². The molecule has 1 aliphatic heterocycles. The molecule has 1 heterocycles. The maximum absolute atomic E-state index is 13.0. The van der Waals surface area contributed by atoms with Crippen molar-refractivity contribution in [2.45, 2.75) is 26.1 Å². The zero-order chi connectivity index (χ0) is 21.1. The molecular formula is C25H28N2O3. The van der Waals surface area contributed by atoms with E-state index in [9.17, 15) is 4.79 Å². The summed E-state index contributed by atoms with van der Waals surface area (Å²) in [7, 11) is 0. The molecule has 1 unspecified atom stereocenters. The Hall–Kier alpha value is -2.89. The number of amides is 1. The number of carbonyl (C=O) groups excluding carboxylic acids is 1. The summed E-state index contributed by atoms with van der Waals surface area (Å²) >= 11 is 0. The number of fused-ring (bicyclic) bond motifs is 1. The van der Waals surface area contributed by atoms with Crippen molar-refractivity contribution in [3.05, 3.63) is 66.2 Å². The normalized spacial score (nSPS) is 16.8. The standard InChI is InChI=1S/C25H28N2O3/c1-17(2)30-21-7-3-5-19(14-21)23-8-4-6-18-13-20(9-10-24(18)23)25(28)27-11-12-29-22(15-26)16-27/h3-10,13-14,17,22H,11-12,15-16,26H2,1-2H3. The van der Waals surface area contributed by atoms with E-state index < -0.39 is 0 Å². The number of hydrogen-bond acceptors (Lipinski definition) is 4. The van der Waals surface area contributed by atoms with Crippen molar-refractivity contribution in [2.75, 3.05) is 26.2 Å². The largest absolute Gasteiger partial charge is 0.491 e. The Morgan fingerprint density at radius 2 is 2.00 bits per heavy atom. The molecule has 4 rings (SSSR count). The molecule has 0 radical (unpaired) electrons. The van der Waals surface area contributed by atoms with Crippen LogP contribution in [-0.4, -0.2) is 49.3 Å². The Bertz CT molecular complexity index is 1050. The van der Waals surface area contributed by atoms with Gasteiger partial charge in [-0.1, -0.05) is 36.4 Å². The summed E-state index contributed by atoms with van der Waals surface area (Å²) in [6, 6.07) is 20.2. The van der Waals surface area contributed by atoms with Crippen LogP contribution in [0.5, 0.6) is 5.75 Å².